The van der Waals surface area contributed by atoms with Crippen molar-refractivity contribution < 1.29 is 39.5 Å². The van der Waals surface area contributed by atoms with Gasteiger partial charge in [0.1, 0.15) is 11.5 Å². The van der Waals surface area contributed by atoms with Crippen LogP contribution in [0, 0.1) is 0 Å². The van der Waals surface area contributed by atoms with Gasteiger partial charge in [0.15, 0.2) is 5.65 Å². The molecule has 0 fully saturated rings. The number of hydrogen-bond donors (Lipinski definition) is 1. The van der Waals surface area contributed by atoms with E-state index in [4.69, 9.17) is 0 Å². The molecule has 0 radical (unpaired) electrons. The number of hydrazone groups is 1. The fourth-order valence-corrected chi connectivity index (χ4v) is 2.51. The average molecular weight is 452 g/mol. The fraction of sp³-hybridized carbons (Fsp3) is 0.167. The second-order valence-electron chi connectivity index (χ2n) is 6.11. The summed E-state index contributed by atoms with van der Waals surface area (Å²) < 4.78 is 116. The Balaban J connectivity index is 1.93. The number of rotatable bonds is 3. The molecule has 0 aliphatic heterocycles. The maximum Gasteiger partial charge on any atom is 0.433 e. The molecule has 0 atom stereocenters. The van der Waals surface area contributed by atoms with Crippen molar-refractivity contribution in [2.45, 2.75) is 18.5 Å². The molecule has 0 saturated heterocycles. The van der Waals surface area contributed by atoms with Crippen molar-refractivity contribution in [3.05, 3.63) is 64.8 Å². The van der Waals surface area contributed by atoms with Gasteiger partial charge in [-0.15, -0.1) is 0 Å². The second-order valence-corrected chi connectivity index (χ2v) is 6.11. The monoisotopic (exact) mass is 452 g/mol. The van der Waals surface area contributed by atoms with Crippen molar-refractivity contribution in [2.75, 3.05) is 5.43 Å². The molecule has 13 heteroatoms. The molecule has 1 aromatic carbocycles. The molecule has 0 aliphatic carbocycles. The van der Waals surface area contributed by atoms with E-state index < -0.39 is 46.4 Å². The number of nitrogens with zero attached hydrogens (tertiary/aromatic N) is 3. The number of halogens is 9. The quantitative estimate of drug-likeness (QED) is 0.296. The standard InChI is InChI=1S/C18H9F9N4/c19-16(20,21)10-3-1-2-9(6-10)8-28-31-14-5-4-11-12(17(22,23)24)7-13(18(25,26)27)29-15(11)30-14/h1-8H,(H,29,30,31)/b28-8-. The van der Waals surface area contributed by atoms with Gasteiger partial charge in [-0.2, -0.15) is 44.6 Å². The minimum atomic E-state index is -5.14. The van der Waals surface area contributed by atoms with Crippen LogP contribution in [-0.2, 0) is 18.5 Å². The molecule has 3 aromatic rings. The first-order chi connectivity index (χ1) is 14.2. The Morgan fingerprint density at radius 2 is 1.48 bits per heavy atom. The molecule has 0 aliphatic rings. The molecule has 0 unspecified atom stereocenters. The van der Waals surface area contributed by atoms with Crippen LogP contribution in [0.2, 0.25) is 0 Å². The molecule has 0 spiro atoms. The first kappa shape index (κ1) is 22.3. The fourth-order valence-electron chi connectivity index (χ4n) is 2.51. The van der Waals surface area contributed by atoms with Crippen molar-refractivity contribution in [3.8, 4) is 0 Å². The van der Waals surface area contributed by atoms with E-state index in [1.54, 1.807) is 0 Å². The summed E-state index contributed by atoms with van der Waals surface area (Å²) in [6, 6.07) is 5.85. The number of hydrogen-bond acceptors (Lipinski definition) is 4. The van der Waals surface area contributed by atoms with Crippen molar-refractivity contribution in [1.82, 2.24) is 9.97 Å². The maximum atomic E-state index is 13.2. The van der Waals surface area contributed by atoms with E-state index in [2.05, 4.69) is 20.5 Å². The predicted molar refractivity (Wildman–Crippen MR) is 92.2 cm³/mol. The van der Waals surface area contributed by atoms with Gasteiger partial charge in [-0.1, -0.05) is 12.1 Å². The number of aromatic nitrogens is 2. The van der Waals surface area contributed by atoms with E-state index in [-0.39, 0.29) is 17.4 Å². The SMILES string of the molecule is FC(F)(F)c1cccc(/C=N\Nc2ccc3c(C(F)(F)F)cc(C(F)(F)F)nc3n2)c1. The van der Waals surface area contributed by atoms with Crippen molar-refractivity contribution >= 4 is 23.1 Å². The van der Waals surface area contributed by atoms with Crippen LogP contribution in [0.5, 0.6) is 0 Å². The average Bonchev–Trinajstić information content (AvgIpc) is 2.65. The Bertz CT molecular complexity index is 1130. The Morgan fingerprint density at radius 3 is 2.10 bits per heavy atom. The van der Waals surface area contributed by atoms with Gasteiger partial charge in [-0.3, -0.25) is 5.43 Å². The van der Waals surface area contributed by atoms with Gasteiger partial charge < -0.3 is 0 Å². The number of alkyl halides is 9. The zero-order chi connectivity index (χ0) is 23.0. The highest BCUT2D eigenvalue weighted by molar-refractivity contribution is 5.82. The third-order valence-corrected chi connectivity index (χ3v) is 3.88. The van der Waals surface area contributed by atoms with Gasteiger partial charge in [-0.05, 0) is 35.9 Å². The third kappa shape index (κ3) is 5.22. The molecule has 2 heterocycles. The van der Waals surface area contributed by atoms with Gasteiger partial charge in [-0.25, -0.2) is 9.97 Å². The van der Waals surface area contributed by atoms with Crippen LogP contribution in [0.3, 0.4) is 0 Å². The molecule has 1 N–H and O–H groups in total. The van der Waals surface area contributed by atoms with Crippen molar-refractivity contribution in [3.63, 3.8) is 0 Å². The van der Waals surface area contributed by atoms with Crippen LogP contribution in [-0.4, -0.2) is 16.2 Å². The van der Waals surface area contributed by atoms with Crippen LogP contribution in [0.25, 0.3) is 11.0 Å². The van der Waals surface area contributed by atoms with E-state index >= 15 is 0 Å². The third-order valence-electron chi connectivity index (χ3n) is 3.88. The predicted octanol–water partition coefficient (Wildman–Crippen LogP) is 6.13. The molecule has 0 bridgehead atoms. The summed E-state index contributed by atoms with van der Waals surface area (Å²) in [6.07, 6.45) is -13.8. The highest BCUT2D eigenvalue weighted by Gasteiger charge is 2.39. The van der Waals surface area contributed by atoms with Gasteiger partial charge in [0.05, 0.1) is 17.3 Å². The zero-order valence-corrected chi connectivity index (χ0v) is 14.9. The second kappa shape index (κ2) is 7.71. The Labute approximate surface area is 167 Å². The largest absolute Gasteiger partial charge is 0.433 e. The molecule has 0 amide bonds. The van der Waals surface area contributed by atoms with E-state index in [9.17, 15) is 39.5 Å². The molecule has 2 aromatic heterocycles. The lowest BCUT2D eigenvalue weighted by molar-refractivity contribution is -0.144. The summed E-state index contributed by atoms with van der Waals surface area (Å²) in [7, 11) is 0. The van der Waals surface area contributed by atoms with Crippen LogP contribution in [0.15, 0.2) is 47.6 Å². The number of benzene rings is 1. The molecule has 3 rings (SSSR count). The highest BCUT2D eigenvalue weighted by atomic mass is 19.4. The lowest BCUT2D eigenvalue weighted by Gasteiger charge is -2.14. The Kier molecular flexibility index (Phi) is 5.54. The summed E-state index contributed by atoms with van der Waals surface area (Å²) in [5.41, 5.74) is -2.82. The Morgan fingerprint density at radius 1 is 0.774 bits per heavy atom. The number of anilines is 1. The van der Waals surface area contributed by atoms with Crippen molar-refractivity contribution in [2.24, 2.45) is 5.10 Å². The van der Waals surface area contributed by atoms with E-state index in [1.165, 1.54) is 6.07 Å². The van der Waals surface area contributed by atoms with Crippen LogP contribution in [0.4, 0.5) is 45.3 Å². The lowest BCUT2D eigenvalue weighted by Crippen LogP contribution is -2.14. The molecule has 4 nitrogen and oxygen atoms in total. The zero-order valence-electron chi connectivity index (χ0n) is 14.9. The minimum Gasteiger partial charge on any atom is -0.261 e. The van der Waals surface area contributed by atoms with Crippen LogP contribution >= 0.6 is 0 Å². The lowest BCUT2D eigenvalue weighted by atomic mass is 10.1. The molecule has 0 saturated carbocycles. The first-order valence-corrected chi connectivity index (χ1v) is 8.18. The summed E-state index contributed by atoms with van der Waals surface area (Å²) in [4.78, 5) is 6.73. The van der Waals surface area contributed by atoms with Crippen LogP contribution < -0.4 is 5.43 Å². The normalized spacial score (nSPS) is 13.2. The van der Waals surface area contributed by atoms with Gasteiger partial charge in [0.2, 0.25) is 0 Å². The van der Waals surface area contributed by atoms with Crippen LogP contribution in [0.1, 0.15) is 22.4 Å². The summed E-state index contributed by atoms with van der Waals surface area (Å²) in [5.74, 6) is -0.268. The smallest absolute Gasteiger partial charge is 0.261 e. The van der Waals surface area contributed by atoms with Gasteiger partial charge in [0, 0.05) is 5.39 Å². The van der Waals surface area contributed by atoms with E-state index in [1.807, 2.05) is 0 Å². The molecule has 164 valence electrons. The first-order valence-electron chi connectivity index (χ1n) is 8.18. The molecular weight excluding hydrogens is 443 g/mol. The number of fused-ring (bicyclic) bond motifs is 1. The summed E-state index contributed by atoms with van der Waals surface area (Å²) >= 11 is 0. The van der Waals surface area contributed by atoms with Gasteiger partial charge in [0.25, 0.3) is 0 Å². The van der Waals surface area contributed by atoms with E-state index in [0.717, 1.165) is 36.5 Å². The molecular formula is C18H9F9N4. The molecule has 31 heavy (non-hydrogen) atoms. The maximum absolute atomic E-state index is 13.2. The summed E-state index contributed by atoms with van der Waals surface area (Å²) in [5, 5.41) is 2.95. The summed E-state index contributed by atoms with van der Waals surface area (Å²) in [6.45, 7) is 0. The number of nitrogens with one attached hydrogen (secondary N) is 1. The van der Waals surface area contributed by atoms with E-state index in [0.29, 0.717) is 0 Å². The topological polar surface area (TPSA) is 50.2 Å². The highest BCUT2D eigenvalue weighted by Crippen LogP contribution is 2.38. The van der Waals surface area contributed by atoms with Crippen molar-refractivity contribution in [1.29, 1.82) is 0 Å². The Hall–Kier alpha value is -3.38. The van der Waals surface area contributed by atoms with Gasteiger partial charge >= 0.3 is 18.5 Å². The minimum absolute atomic E-state index is 0.0416. The number of pyridine rings is 2.